The molecule has 6 nitrogen and oxygen atoms in total. The maximum atomic E-state index is 5.43. The lowest BCUT2D eigenvalue weighted by atomic mass is 10.1. The Morgan fingerprint density at radius 2 is 1.81 bits per heavy atom. The van der Waals surface area contributed by atoms with Crippen LogP contribution in [0, 0.1) is 0 Å². The minimum absolute atomic E-state index is 0.572. The van der Waals surface area contributed by atoms with Gasteiger partial charge in [0.15, 0.2) is 5.96 Å². The molecule has 0 aromatic heterocycles. The number of methoxy groups -OCH3 is 3. The Hall–Kier alpha value is -2.11. The monoisotopic (exact) mass is 293 g/mol. The first kappa shape index (κ1) is 15.3. The maximum absolute atomic E-state index is 5.43. The SMILES string of the molecule is COc1cc(OC)c(CNC2=NCCCCN2)c(OC)c1. The fourth-order valence-electron chi connectivity index (χ4n) is 2.23. The van der Waals surface area contributed by atoms with Crippen LogP contribution >= 0.6 is 0 Å². The zero-order valence-corrected chi connectivity index (χ0v) is 12.9. The lowest BCUT2D eigenvalue weighted by molar-refractivity contribution is 0.368. The molecule has 0 fully saturated rings. The van der Waals surface area contributed by atoms with E-state index in [0.717, 1.165) is 49.0 Å². The summed E-state index contributed by atoms with van der Waals surface area (Å²) in [6.07, 6.45) is 2.26. The van der Waals surface area contributed by atoms with Crippen LogP contribution in [-0.4, -0.2) is 40.4 Å². The third-order valence-corrected chi connectivity index (χ3v) is 3.40. The molecule has 2 N–H and O–H groups in total. The van der Waals surface area contributed by atoms with E-state index in [9.17, 15) is 0 Å². The quantitative estimate of drug-likeness (QED) is 0.862. The van der Waals surface area contributed by atoms with Crippen molar-refractivity contribution in [1.82, 2.24) is 10.6 Å². The van der Waals surface area contributed by atoms with Crippen molar-refractivity contribution >= 4 is 5.96 Å². The van der Waals surface area contributed by atoms with E-state index < -0.39 is 0 Å². The van der Waals surface area contributed by atoms with E-state index in [-0.39, 0.29) is 0 Å². The topological polar surface area (TPSA) is 64.1 Å². The van der Waals surface area contributed by atoms with E-state index in [0.29, 0.717) is 12.3 Å². The molecule has 21 heavy (non-hydrogen) atoms. The number of nitrogens with zero attached hydrogens (tertiary/aromatic N) is 1. The summed E-state index contributed by atoms with van der Waals surface area (Å²) in [7, 11) is 4.90. The Morgan fingerprint density at radius 1 is 1.10 bits per heavy atom. The molecule has 1 aliphatic heterocycles. The van der Waals surface area contributed by atoms with Crippen LogP contribution in [0.5, 0.6) is 17.2 Å². The molecule has 1 aliphatic rings. The van der Waals surface area contributed by atoms with Gasteiger partial charge >= 0.3 is 0 Å². The fraction of sp³-hybridized carbons (Fsp3) is 0.533. The number of guanidine groups is 1. The summed E-state index contributed by atoms with van der Waals surface area (Å²) in [6.45, 7) is 2.37. The van der Waals surface area contributed by atoms with Gasteiger partial charge in [-0.15, -0.1) is 0 Å². The van der Waals surface area contributed by atoms with Crippen LogP contribution < -0.4 is 24.8 Å². The predicted molar refractivity (Wildman–Crippen MR) is 82.5 cm³/mol. The van der Waals surface area contributed by atoms with Gasteiger partial charge < -0.3 is 24.8 Å². The first-order valence-corrected chi connectivity index (χ1v) is 7.09. The fourth-order valence-corrected chi connectivity index (χ4v) is 2.23. The largest absolute Gasteiger partial charge is 0.496 e. The normalized spacial score (nSPS) is 14.5. The summed E-state index contributed by atoms with van der Waals surface area (Å²) in [5.74, 6) is 2.99. The molecule has 2 rings (SSSR count). The number of hydrogen-bond donors (Lipinski definition) is 2. The van der Waals surface area contributed by atoms with Gasteiger partial charge in [0.25, 0.3) is 0 Å². The second-order valence-corrected chi connectivity index (χ2v) is 4.73. The van der Waals surface area contributed by atoms with Crippen LogP contribution in [0.4, 0.5) is 0 Å². The highest BCUT2D eigenvalue weighted by Crippen LogP contribution is 2.33. The zero-order valence-electron chi connectivity index (χ0n) is 12.9. The number of aliphatic imine (C=N–C) groups is 1. The van der Waals surface area contributed by atoms with Crippen LogP contribution in [0.2, 0.25) is 0 Å². The summed E-state index contributed by atoms with van der Waals surface area (Å²) in [5.41, 5.74) is 0.939. The van der Waals surface area contributed by atoms with Gasteiger partial charge in [0.2, 0.25) is 0 Å². The van der Waals surface area contributed by atoms with Crippen molar-refractivity contribution in [2.75, 3.05) is 34.4 Å². The minimum atomic E-state index is 0.572. The highest BCUT2D eigenvalue weighted by Gasteiger charge is 2.14. The van der Waals surface area contributed by atoms with E-state index in [4.69, 9.17) is 14.2 Å². The summed E-state index contributed by atoms with van der Waals surface area (Å²) in [4.78, 5) is 4.47. The van der Waals surface area contributed by atoms with Crippen molar-refractivity contribution < 1.29 is 14.2 Å². The standard InChI is InChI=1S/C15H23N3O3/c1-19-11-8-13(20-2)12(14(9-11)21-3)10-18-15-16-6-4-5-7-17-15/h8-9H,4-7,10H2,1-3H3,(H2,16,17,18). The molecular weight excluding hydrogens is 270 g/mol. The van der Waals surface area contributed by atoms with Gasteiger partial charge in [0.05, 0.1) is 33.4 Å². The van der Waals surface area contributed by atoms with Gasteiger partial charge in [0.1, 0.15) is 17.2 Å². The van der Waals surface area contributed by atoms with Crippen molar-refractivity contribution in [3.05, 3.63) is 17.7 Å². The third kappa shape index (κ3) is 3.93. The maximum Gasteiger partial charge on any atom is 0.191 e. The highest BCUT2D eigenvalue weighted by molar-refractivity contribution is 5.80. The van der Waals surface area contributed by atoms with Crippen LogP contribution in [0.3, 0.4) is 0 Å². The minimum Gasteiger partial charge on any atom is -0.496 e. The smallest absolute Gasteiger partial charge is 0.191 e. The number of benzene rings is 1. The Bertz CT molecular complexity index is 478. The van der Waals surface area contributed by atoms with E-state index in [2.05, 4.69) is 15.6 Å². The van der Waals surface area contributed by atoms with Gasteiger partial charge in [-0.25, -0.2) is 0 Å². The van der Waals surface area contributed by atoms with Crippen LogP contribution in [0.15, 0.2) is 17.1 Å². The molecule has 0 atom stereocenters. The molecule has 0 aliphatic carbocycles. The number of rotatable bonds is 5. The van der Waals surface area contributed by atoms with E-state index >= 15 is 0 Å². The molecule has 0 radical (unpaired) electrons. The Labute approximate surface area is 125 Å². The molecule has 116 valence electrons. The third-order valence-electron chi connectivity index (χ3n) is 3.40. The lowest BCUT2D eigenvalue weighted by Crippen LogP contribution is -2.36. The van der Waals surface area contributed by atoms with Gasteiger partial charge in [-0.05, 0) is 12.8 Å². The molecule has 0 bridgehead atoms. The van der Waals surface area contributed by atoms with Gasteiger partial charge in [-0.3, -0.25) is 4.99 Å². The first-order valence-electron chi connectivity index (χ1n) is 7.09. The number of nitrogens with one attached hydrogen (secondary N) is 2. The second kappa shape index (κ2) is 7.61. The Morgan fingerprint density at radius 3 is 2.43 bits per heavy atom. The van der Waals surface area contributed by atoms with Crippen molar-refractivity contribution in [2.45, 2.75) is 19.4 Å². The van der Waals surface area contributed by atoms with Crippen molar-refractivity contribution in [1.29, 1.82) is 0 Å². The van der Waals surface area contributed by atoms with Crippen LogP contribution in [0.1, 0.15) is 18.4 Å². The lowest BCUT2D eigenvalue weighted by Gasteiger charge is -2.16. The molecule has 0 spiro atoms. The summed E-state index contributed by atoms with van der Waals surface area (Å²) in [6, 6.07) is 3.70. The predicted octanol–water partition coefficient (Wildman–Crippen LogP) is 1.54. The first-order chi connectivity index (χ1) is 10.3. The molecule has 1 heterocycles. The highest BCUT2D eigenvalue weighted by atomic mass is 16.5. The molecule has 1 aromatic carbocycles. The molecule has 0 saturated heterocycles. The zero-order chi connectivity index (χ0) is 15.1. The second-order valence-electron chi connectivity index (χ2n) is 4.73. The summed E-state index contributed by atoms with van der Waals surface area (Å²) < 4.78 is 16.1. The molecule has 0 amide bonds. The Kier molecular flexibility index (Phi) is 5.54. The van der Waals surface area contributed by atoms with Gasteiger partial charge in [-0.2, -0.15) is 0 Å². The van der Waals surface area contributed by atoms with Crippen molar-refractivity contribution in [3.8, 4) is 17.2 Å². The summed E-state index contributed by atoms with van der Waals surface area (Å²) >= 11 is 0. The van der Waals surface area contributed by atoms with E-state index in [1.807, 2.05) is 12.1 Å². The van der Waals surface area contributed by atoms with Crippen LogP contribution in [0.25, 0.3) is 0 Å². The van der Waals surface area contributed by atoms with Crippen molar-refractivity contribution in [2.24, 2.45) is 4.99 Å². The number of hydrogen-bond acceptors (Lipinski definition) is 6. The molecule has 6 heteroatoms. The van der Waals surface area contributed by atoms with Gasteiger partial charge in [0, 0.05) is 25.2 Å². The van der Waals surface area contributed by atoms with Crippen molar-refractivity contribution in [3.63, 3.8) is 0 Å². The van der Waals surface area contributed by atoms with E-state index in [1.54, 1.807) is 21.3 Å². The molecule has 0 unspecified atom stereocenters. The molecule has 0 saturated carbocycles. The number of ether oxygens (including phenoxy) is 3. The summed E-state index contributed by atoms with van der Waals surface area (Å²) in [5, 5.41) is 6.58. The van der Waals surface area contributed by atoms with Crippen LogP contribution in [-0.2, 0) is 6.54 Å². The van der Waals surface area contributed by atoms with Gasteiger partial charge in [-0.1, -0.05) is 0 Å². The molecular formula is C15H23N3O3. The molecule has 1 aromatic rings. The van der Waals surface area contributed by atoms with E-state index in [1.165, 1.54) is 0 Å². The average molecular weight is 293 g/mol. The Balaban J connectivity index is 2.15. The average Bonchev–Trinajstić information content (AvgIpc) is 2.80.